The molecule has 5 aliphatic rings. The van der Waals surface area contributed by atoms with E-state index in [1.54, 1.807) is 0 Å². The maximum absolute atomic E-state index is 6.46. The van der Waals surface area contributed by atoms with Crippen LogP contribution in [-0.4, -0.2) is 153 Å². The number of hydrogen-bond donors (Lipinski definition) is 0. The third kappa shape index (κ3) is 20.1. The second-order valence-electron chi connectivity index (χ2n) is 14.9. The van der Waals surface area contributed by atoms with Gasteiger partial charge >= 0.3 is 0 Å². The average molecular weight is 771 g/mol. The fourth-order valence-corrected chi connectivity index (χ4v) is 12.8. The Bertz CT molecular complexity index is 977. The molecule has 1 aromatic rings. The lowest BCUT2D eigenvalue weighted by Crippen LogP contribution is -2.38. The van der Waals surface area contributed by atoms with Crippen molar-refractivity contribution >= 4 is 16.6 Å². The molecule has 298 valence electrons. The zero-order valence-electron chi connectivity index (χ0n) is 31.9. The molecule has 0 radical (unpaired) electrons. The summed E-state index contributed by atoms with van der Waals surface area (Å²) in [6, 6.07) is 15.8. The zero-order chi connectivity index (χ0) is 36.2. The van der Waals surface area contributed by atoms with Gasteiger partial charge < -0.3 is 56.2 Å². The number of benzene rings is 1. The number of hydrogen-bond acceptors (Lipinski definition) is 12. The molecule has 0 amide bonds. The van der Waals surface area contributed by atoms with Crippen molar-refractivity contribution in [2.75, 3.05) is 106 Å². The summed E-state index contributed by atoms with van der Waals surface area (Å²) in [4.78, 5) is 0. The van der Waals surface area contributed by atoms with Crippen molar-refractivity contribution in [1.82, 2.24) is 0 Å². The Morgan fingerprint density at radius 3 is 1.10 bits per heavy atom. The molecular weight excluding hydrogens is 705 g/mol. The molecule has 1 aromatic carbocycles. The van der Waals surface area contributed by atoms with Gasteiger partial charge in [0.2, 0.25) is 8.32 Å². The topological polar surface area (TPSA) is 127 Å². The molecule has 5 unspecified atom stereocenters. The lowest BCUT2D eigenvalue weighted by molar-refractivity contribution is 0.112. The smallest absolute Gasteiger partial charge is 0.248 e. The SMILES string of the molecule is CO[Si](CCCOCC1CO1)(CCCOCC1CO1)CCCOCC1CO1.C[Si](CCCOCC1CO1)(CCCOCC1CO1)Oc1ccccc1. The van der Waals surface area contributed by atoms with Gasteiger partial charge in [0.25, 0.3) is 0 Å². The van der Waals surface area contributed by atoms with Gasteiger partial charge in [-0.15, -0.1) is 0 Å². The number of ether oxygens (including phenoxy) is 10. The van der Waals surface area contributed by atoms with Gasteiger partial charge in [-0.3, -0.25) is 0 Å². The predicted molar refractivity (Wildman–Crippen MR) is 201 cm³/mol. The van der Waals surface area contributed by atoms with E-state index in [-0.39, 0.29) is 0 Å². The highest BCUT2D eigenvalue weighted by Crippen LogP contribution is 2.28. The molecule has 0 spiro atoms. The summed E-state index contributed by atoms with van der Waals surface area (Å²) in [6.07, 6.45) is 6.96. The largest absolute Gasteiger partial charge is 0.544 e. The summed E-state index contributed by atoms with van der Waals surface area (Å²) in [5, 5.41) is 0. The van der Waals surface area contributed by atoms with Crippen LogP contribution >= 0.6 is 0 Å². The minimum atomic E-state index is -1.84. The molecule has 0 N–H and O–H groups in total. The number of epoxide rings is 5. The van der Waals surface area contributed by atoms with E-state index >= 15 is 0 Å². The fraction of sp³-hybridized carbons (Fsp3) is 0.842. The summed E-state index contributed by atoms with van der Waals surface area (Å²) in [6.45, 7) is 14.2. The van der Waals surface area contributed by atoms with E-state index in [4.69, 9.17) is 56.2 Å². The molecule has 0 saturated carbocycles. The highest BCUT2D eigenvalue weighted by molar-refractivity contribution is 6.74. The minimum absolute atomic E-state index is 0.342. The summed E-state index contributed by atoms with van der Waals surface area (Å²) in [7, 11) is -1.73. The Morgan fingerprint density at radius 1 is 0.500 bits per heavy atom. The molecular formula is C38H66O12Si2. The third-order valence-electron chi connectivity index (χ3n) is 9.82. The molecule has 0 bridgehead atoms. The van der Waals surface area contributed by atoms with Crippen LogP contribution in [0.5, 0.6) is 5.75 Å². The highest BCUT2D eigenvalue weighted by atomic mass is 28.4. The van der Waals surface area contributed by atoms with E-state index in [0.717, 1.165) is 167 Å². The van der Waals surface area contributed by atoms with E-state index < -0.39 is 16.6 Å². The zero-order valence-corrected chi connectivity index (χ0v) is 33.9. The number of rotatable bonds is 33. The van der Waals surface area contributed by atoms with Gasteiger partial charge in [0, 0.05) is 40.1 Å². The Balaban J connectivity index is 0.000000202. The van der Waals surface area contributed by atoms with Gasteiger partial charge in [-0.05, 0) is 81.0 Å². The maximum atomic E-state index is 6.46. The van der Waals surface area contributed by atoms with E-state index in [1.165, 1.54) is 0 Å². The molecule has 6 rings (SSSR count). The van der Waals surface area contributed by atoms with Crippen molar-refractivity contribution in [1.29, 1.82) is 0 Å². The quantitative estimate of drug-likeness (QED) is 0.0527. The van der Waals surface area contributed by atoms with Crippen LogP contribution in [0.1, 0.15) is 32.1 Å². The van der Waals surface area contributed by atoms with Crippen molar-refractivity contribution in [3.05, 3.63) is 30.3 Å². The van der Waals surface area contributed by atoms with Gasteiger partial charge in [0.1, 0.15) is 36.3 Å². The van der Waals surface area contributed by atoms with Gasteiger partial charge in [-0.1, -0.05) is 18.2 Å². The Morgan fingerprint density at radius 2 is 0.808 bits per heavy atom. The van der Waals surface area contributed by atoms with Crippen LogP contribution in [0.25, 0.3) is 0 Å². The van der Waals surface area contributed by atoms with Gasteiger partial charge in [0.15, 0.2) is 8.32 Å². The Hall–Kier alpha value is -0.986. The van der Waals surface area contributed by atoms with Crippen molar-refractivity contribution < 1.29 is 56.2 Å². The lowest BCUT2D eigenvalue weighted by atomic mass is 10.3. The molecule has 5 atom stereocenters. The average Bonchev–Trinajstić information content (AvgIpc) is 3.95. The molecule has 12 nitrogen and oxygen atoms in total. The Labute approximate surface area is 313 Å². The molecule has 52 heavy (non-hydrogen) atoms. The molecule has 0 aliphatic carbocycles. The van der Waals surface area contributed by atoms with Crippen LogP contribution in [0, 0.1) is 0 Å². The van der Waals surface area contributed by atoms with Crippen molar-refractivity contribution in [3.8, 4) is 5.75 Å². The first-order chi connectivity index (χ1) is 25.5. The predicted octanol–water partition coefficient (Wildman–Crippen LogP) is 5.25. The van der Waals surface area contributed by atoms with E-state index in [2.05, 4.69) is 6.55 Å². The van der Waals surface area contributed by atoms with E-state index in [0.29, 0.717) is 30.5 Å². The van der Waals surface area contributed by atoms with Crippen LogP contribution in [0.3, 0.4) is 0 Å². The Kier molecular flexibility index (Phi) is 19.3. The van der Waals surface area contributed by atoms with Crippen LogP contribution in [0.2, 0.25) is 36.8 Å². The highest BCUT2D eigenvalue weighted by Gasteiger charge is 2.34. The van der Waals surface area contributed by atoms with Crippen molar-refractivity contribution in [2.24, 2.45) is 0 Å². The minimum Gasteiger partial charge on any atom is -0.544 e. The summed E-state index contributed by atoms with van der Waals surface area (Å²) < 4.78 is 67.0. The molecule has 5 fully saturated rings. The van der Waals surface area contributed by atoms with Gasteiger partial charge in [0.05, 0.1) is 66.1 Å². The molecule has 14 heteroatoms. The van der Waals surface area contributed by atoms with Crippen LogP contribution in [-0.2, 0) is 51.8 Å². The summed E-state index contributed by atoms with van der Waals surface area (Å²) in [5.41, 5.74) is 0. The molecule has 0 aromatic heterocycles. The van der Waals surface area contributed by atoms with Crippen LogP contribution in [0.4, 0.5) is 0 Å². The number of para-hydroxylation sites is 1. The van der Waals surface area contributed by atoms with Gasteiger partial charge in [-0.25, -0.2) is 0 Å². The van der Waals surface area contributed by atoms with Gasteiger partial charge in [-0.2, -0.15) is 0 Å². The molecule has 5 saturated heterocycles. The standard InChI is InChI=1S/C19H36O7Si.C19H30O5Si/c1-20-27(8-2-5-21-11-17-14-24-17,9-3-6-22-12-18-15-25-18)10-4-7-23-13-19-16-26-19;1-25(24-17-7-3-2-4-8-17,11-5-9-20-13-18-15-22-18)12-6-10-21-14-19-16-23-19/h17-19H,2-16H2,1H3;2-4,7-8,18-19H,5-6,9-16H2,1H3. The maximum Gasteiger partial charge on any atom is 0.248 e. The fourth-order valence-electron chi connectivity index (χ4n) is 6.16. The van der Waals surface area contributed by atoms with E-state index in [9.17, 15) is 0 Å². The first-order valence-electron chi connectivity index (χ1n) is 19.8. The second kappa shape index (κ2) is 23.8. The normalized spacial score (nSPS) is 26.1. The van der Waals surface area contributed by atoms with Crippen LogP contribution in [0.15, 0.2) is 30.3 Å². The molecule has 5 heterocycles. The van der Waals surface area contributed by atoms with E-state index in [1.807, 2.05) is 37.4 Å². The van der Waals surface area contributed by atoms with Crippen molar-refractivity contribution in [3.63, 3.8) is 0 Å². The third-order valence-corrected chi connectivity index (χ3v) is 18.0. The first kappa shape index (κ1) is 42.2. The summed E-state index contributed by atoms with van der Waals surface area (Å²) >= 11 is 0. The van der Waals surface area contributed by atoms with Crippen LogP contribution < -0.4 is 4.43 Å². The first-order valence-corrected chi connectivity index (χ1v) is 25.1. The monoisotopic (exact) mass is 770 g/mol. The molecule has 5 aliphatic heterocycles. The lowest BCUT2D eigenvalue weighted by Gasteiger charge is -2.30. The second-order valence-corrected chi connectivity index (χ2v) is 23.3. The summed E-state index contributed by atoms with van der Waals surface area (Å²) in [5.74, 6) is 0.983. The van der Waals surface area contributed by atoms with Crippen molar-refractivity contribution in [2.45, 2.75) is 99.4 Å².